The molecule has 0 aliphatic rings. The lowest BCUT2D eigenvalue weighted by Gasteiger charge is -2.10. The first-order valence-electron chi connectivity index (χ1n) is 8.46. The molecule has 4 heteroatoms. The minimum Gasteiger partial charge on any atom is -0.493 e. The summed E-state index contributed by atoms with van der Waals surface area (Å²) >= 11 is 0. The highest BCUT2D eigenvalue weighted by molar-refractivity contribution is 5.94. The van der Waals surface area contributed by atoms with Crippen LogP contribution in [-0.4, -0.2) is 17.5 Å². The number of fused-ring (bicyclic) bond motifs is 1. The van der Waals surface area contributed by atoms with Gasteiger partial charge >= 0.3 is 0 Å². The number of para-hydroxylation sites is 1. The molecule has 3 rings (SSSR count). The second-order valence-electron chi connectivity index (χ2n) is 6.45. The van der Waals surface area contributed by atoms with Gasteiger partial charge in [-0.05, 0) is 41.8 Å². The SMILES string of the molecule is CC(C)COc1cccc(C(=O)NCc2cnc3ccccc3c2)c1. The van der Waals surface area contributed by atoms with Crippen molar-refractivity contribution in [3.63, 3.8) is 0 Å². The normalized spacial score (nSPS) is 10.8. The molecular weight excluding hydrogens is 312 g/mol. The van der Waals surface area contributed by atoms with Gasteiger partial charge in [0.05, 0.1) is 12.1 Å². The Morgan fingerprint density at radius 3 is 2.80 bits per heavy atom. The summed E-state index contributed by atoms with van der Waals surface area (Å²) in [5.74, 6) is 1.04. The summed E-state index contributed by atoms with van der Waals surface area (Å²) < 4.78 is 5.68. The highest BCUT2D eigenvalue weighted by Gasteiger charge is 2.07. The summed E-state index contributed by atoms with van der Waals surface area (Å²) in [4.78, 5) is 16.8. The largest absolute Gasteiger partial charge is 0.493 e. The number of carbonyl (C=O) groups is 1. The van der Waals surface area contributed by atoms with Crippen molar-refractivity contribution in [2.75, 3.05) is 6.61 Å². The zero-order valence-electron chi connectivity index (χ0n) is 14.5. The number of nitrogens with zero attached hydrogens (tertiary/aromatic N) is 1. The van der Waals surface area contributed by atoms with Crippen molar-refractivity contribution in [1.29, 1.82) is 0 Å². The summed E-state index contributed by atoms with van der Waals surface area (Å²) in [7, 11) is 0. The number of hydrogen-bond acceptors (Lipinski definition) is 3. The maximum Gasteiger partial charge on any atom is 0.251 e. The second kappa shape index (κ2) is 7.79. The summed E-state index contributed by atoms with van der Waals surface area (Å²) in [6, 6.07) is 17.2. The first-order valence-corrected chi connectivity index (χ1v) is 8.46. The van der Waals surface area contributed by atoms with Crippen LogP contribution >= 0.6 is 0 Å². The molecule has 3 aromatic rings. The lowest BCUT2D eigenvalue weighted by atomic mass is 10.1. The average molecular weight is 334 g/mol. The fourth-order valence-electron chi connectivity index (χ4n) is 2.49. The van der Waals surface area contributed by atoms with Gasteiger partial charge in [-0.15, -0.1) is 0 Å². The van der Waals surface area contributed by atoms with Gasteiger partial charge in [0.15, 0.2) is 0 Å². The van der Waals surface area contributed by atoms with Gasteiger partial charge in [-0.1, -0.05) is 38.1 Å². The number of amides is 1. The number of carbonyl (C=O) groups excluding carboxylic acids is 1. The molecule has 128 valence electrons. The first-order chi connectivity index (χ1) is 12.1. The Kier molecular flexibility index (Phi) is 5.29. The van der Waals surface area contributed by atoms with Gasteiger partial charge in [0, 0.05) is 23.7 Å². The summed E-state index contributed by atoms with van der Waals surface area (Å²) in [6.07, 6.45) is 1.80. The van der Waals surface area contributed by atoms with Crippen LogP contribution in [0, 0.1) is 5.92 Å². The fourth-order valence-corrected chi connectivity index (χ4v) is 2.49. The van der Waals surface area contributed by atoms with Crippen LogP contribution in [0.15, 0.2) is 60.8 Å². The van der Waals surface area contributed by atoms with Crippen LogP contribution in [0.25, 0.3) is 10.9 Å². The Balaban J connectivity index is 1.64. The van der Waals surface area contributed by atoms with Gasteiger partial charge in [0.2, 0.25) is 0 Å². The fraction of sp³-hybridized carbons (Fsp3) is 0.238. The van der Waals surface area contributed by atoms with Crippen molar-refractivity contribution in [2.24, 2.45) is 5.92 Å². The van der Waals surface area contributed by atoms with Crippen LogP contribution in [0.3, 0.4) is 0 Å². The number of nitrogens with one attached hydrogen (secondary N) is 1. The molecular formula is C21H22N2O2. The molecule has 0 aliphatic carbocycles. The lowest BCUT2D eigenvalue weighted by molar-refractivity contribution is 0.0950. The Labute approximate surface area is 147 Å². The highest BCUT2D eigenvalue weighted by Crippen LogP contribution is 2.15. The summed E-state index contributed by atoms with van der Waals surface area (Å²) in [6.45, 7) is 5.25. The molecule has 0 fully saturated rings. The molecule has 0 bridgehead atoms. The Morgan fingerprint density at radius 2 is 1.96 bits per heavy atom. The van der Waals surface area contributed by atoms with E-state index in [2.05, 4.69) is 24.1 Å². The van der Waals surface area contributed by atoms with Gasteiger partial charge in [-0.3, -0.25) is 9.78 Å². The first kappa shape index (κ1) is 17.0. The van der Waals surface area contributed by atoms with Crippen molar-refractivity contribution >= 4 is 16.8 Å². The van der Waals surface area contributed by atoms with E-state index in [0.717, 1.165) is 16.5 Å². The topological polar surface area (TPSA) is 51.2 Å². The molecule has 0 spiro atoms. The predicted molar refractivity (Wildman–Crippen MR) is 99.7 cm³/mol. The summed E-state index contributed by atoms with van der Waals surface area (Å²) in [5, 5.41) is 4.01. The number of ether oxygens (including phenoxy) is 1. The van der Waals surface area contributed by atoms with Crippen LogP contribution in [0.1, 0.15) is 29.8 Å². The molecule has 1 heterocycles. The van der Waals surface area contributed by atoms with E-state index in [0.29, 0.717) is 30.4 Å². The average Bonchev–Trinajstić information content (AvgIpc) is 2.64. The zero-order valence-corrected chi connectivity index (χ0v) is 14.5. The van der Waals surface area contributed by atoms with Gasteiger partial charge < -0.3 is 10.1 Å². The smallest absolute Gasteiger partial charge is 0.251 e. The third-order valence-corrected chi connectivity index (χ3v) is 3.78. The monoisotopic (exact) mass is 334 g/mol. The van der Waals surface area contributed by atoms with Crippen LogP contribution in [0.2, 0.25) is 0 Å². The predicted octanol–water partition coefficient (Wildman–Crippen LogP) is 4.20. The van der Waals surface area contributed by atoms with Crippen molar-refractivity contribution in [2.45, 2.75) is 20.4 Å². The van der Waals surface area contributed by atoms with Gasteiger partial charge in [-0.25, -0.2) is 0 Å². The second-order valence-corrected chi connectivity index (χ2v) is 6.45. The molecule has 4 nitrogen and oxygen atoms in total. The van der Waals surface area contributed by atoms with Crippen LogP contribution < -0.4 is 10.1 Å². The van der Waals surface area contributed by atoms with Crippen molar-refractivity contribution in [1.82, 2.24) is 10.3 Å². The van der Waals surface area contributed by atoms with Crippen LogP contribution in [0.5, 0.6) is 5.75 Å². The van der Waals surface area contributed by atoms with Gasteiger partial charge in [0.1, 0.15) is 5.75 Å². The third-order valence-electron chi connectivity index (χ3n) is 3.78. The molecule has 0 saturated carbocycles. The molecule has 1 aromatic heterocycles. The zero-order chi connectivity index (χ0) is 17.6. The van der Waals surface area contributed by atoms with E-state index in [1.54, 1.807) is 18.3 Å². The maximum absolute atomic E-state index is 12.4. The number of benzene rings is 2. The lowest BCUT2D eigenvalue weighted by Crippen LogP contribution is -2.22. The minimum absolute atomic E-state index is 0.122. The number of hydrogen-bond donors (Lipinski definition) is 1. The Bertz CT molecular complexity index is 874. The van der Waals surface area contributed by atoms with Crippen LogP contribution in [-0.2, 0) is 6.54 Å². The standard InChI is InChI=1S/C21H22N2O2/c1-15(2)14-25-19-8-5-7-18(11-19)21(24)23-13-16-10-17-6-3-4-9-20(17)22-12-16/h3-12,15H,13-14H2,1-2H3,(H,23,24). The third kappa shape index (κ3) is 4.57. The van der Waals surface area contributed by atoms with E-state index < -0.39 is 0 Å². The Hall–Kier alpha value is -2.88. The number of rotatable bonds is 6. The molecule has 0 radical (unpaired) electrons. The molecule has 0 atom stereocenters. The van der Waals surface area contributed by atoms with Crippen LogP contribution in [0.4, 0.5) is 0 Å². The summed E-state index contributed by atoms with van der Waals surface area (Å²) in [5.41, 5.74) is 2.52. The van der Waals surface area contributed by atoms with E-state index in [-0.39, 0.29) is 5.91 Å². The van der Waals surface area contributed by atoms with E-state index in [4.69, 9.17) is 4.74 Å². The molecule has 1 amide bonds. The van der Waals surface area contributed by atoms with Gasteiger partial charge in [-0.2, -0.15) is 0 Å². The van der Waals surface area contributed by atoms with E-state index in [1.165, 1.54) is 0 Å². The quantitative estimate of drug-likeness (QED) is 0.735. The highest BCUT2D eigenvalue weighted by atomic mass is 16.5. The van der Waals surface area contributed by atoms with E-state index in [9.17, 15) is 4.79 Å². The molecule has 0 aliphatic heterocycles. The molecule has 1 N–H and O–H groups in total. The van der Waals surface area contributed by atoms with Crippen molar-refractivity contribution in [3.8, 4) is 5.75 Å². The molecule has 0 saturated heterocycles. The number of pyridine rings is 1. The molecule has 2 aromatic carbocycles. The molecule has 25 heavy (non-hydrogen) atoms. The van der Waals surface area contributed by atoms with Gasteiger partial charge in [0.25, 0.3) is 5.91 Å². The Morgan fingerprint density at radius 1 is 1.12 bits per heavy atom. The van der Waals surface area contributed by atoms with Crippen molar-refractivity contribution < 1.29 is 9.53 Å². The maximum atomic E-state index is 12.4. The minimum atomic E-state index is -0.122. The number of aromatic nitrogens is 1. The van der Waals surface area contributed by atoms with E-state index in [1.807, 2.05) is 42.5 Å². The van der Waals surface area contributed by atoms with E-state index >= 15 is 0 Å². The van der Waals surface area contributed by atoms with Crippen molar-refractivity contribution in [3.05, 3.63) is 71.9 Å². The molecule has 0 unspecified atom stereocenters.